The molecule has 20 heavy (non-hydrogen) atoms. The summed E-state index contributed by atoms with van der Waals surface area (Å²) in [4.78, 5) is 25.4. The zero-order valence-corrected chi connectivity index (χ0v) is 12.2. The van der Waals surface area contributed by atoms with Gasteiger partial charge in [0.25, 0.3) is 0 Å². The fraction of sp³-hybridized carbons (Fsp3) is 0.857. The molecule has 0 aromatic rings. The molecule has 2 N–H and O–H groups in total. The van der Waals surface area contributed by atoms with Crippen molar-refractivity contribution in [3.05, 3.63) is 0 Å². The van der Waals surface area contributed by atoms with E-state index in [0.717, 1.165) is 19.3 Å². The molecule has 0 aromatic carbocycles. The molecule has 0 spiro atoms. The fourth-order valence-corrected chi connectivity index (χ4v) is 3.08. The molecule has 2 aliphatic rings. The molecule has 114 valence electrons. The number of carbonyl (C=O) groups is 2. The lowest BCUT2D eigenvalue weighted by Gasteiger charge is -2.38. The molecule has 2 rings (SSSR count). The second-order valence-corrected chi connectivity index (χ2v) is 5.75. The molecule has 0 aromatic heterocycles. The highest BCUT2D eigenvalue weighted by atomic mass is 16.5. The van der Waals surface area contributed by atoms with Gasteiger partial charge in [-0.3, -0.25) is 0 Å². The Bertz CT molecular complexity index is 374. The van der Waals surface area contributed by atoms with Gasteiger partial charge in [0, 0.05) is 6.54 Å². The molecule has 1 aliphatic heterocycles. The largest absolute Gasteiger partial charge is 0.480 e. The van der Waals surface area contributed by atoms with Crippen molar-refractivity contribution < 1.29 is 19.4 Å². The Hall–Kier alpha value is -1.30. The molecule has 1 aliphatic carbocycles. The molecule has 0 bridgehead atoms. The van der Waals surface area contributed by atoms with E-state index in [-0.39, 0.29) is 24.1 Å². The van der Waals surface area contributed by atoms with Crippen molar-refractivity contribution in [3.63, 3.8) is 0 Å². The van der Waals surface area contributed by atoms with Crippen LogP contribution in [0.4, 0.5) is 4.79 Å². The van der Waals surface area contributed by atoms with E-state index < -0.39 is 12.0 Å². The minimum Gasteiger partial charge on any atom is -0.480 e. The number of carboxylic acid groups (broad SMARTS) is 1. The van der Waals surface area contributed by atoms with Crippen LogP contribution in [0.3, 0.4) is 0 Å². The van der Waals surface area contributed by atoms with E-state index in [2.05, 4.69) is 5.32 Å². The van der Waals surface area contributed by atoms with Crippen LogP contribution in [0, 0.1) is 5.92 Å². The molecule has 0 radical (unpaired) electrons. The van der Waals surface area contributed by atoms with E-state index in [1.165, 1.54) is 0 Å². The molecule has 2 unspecified atom stereocenters. The highest BCUT2D eigenvalue weighted by Gasteiger charge is 2.39. The van der Waals surface area contributed by atoms with Gasteiger partial charge in [-0.15, -0.1) is 0 Å². The van der Waals surface area contributed by atoms with Crippen LogP contribution in [0.5, 0.6) is 0 Å². The number of morpholine rings is 1. The number of nitrogens with zero attached hydrogens (tertiary/aromatic N) is 1. The third-order valence-corrected chi connectivity index (χ3v) is 4.50. The van der Waals surface area contributed by atoms with Gasteiger partial charge >= 0.3 is 12.0 Å². The monoisotopic (exact) mass is 284 g/mol. The van der Waals surface area contributed by atoms with Gasteiger partial charge in [0.05, 0.1) is 18.8 Å². The Morgan fingerprint density at radius 1 is 1.45 bits per heavy atom. The van der Waals surface area contributed by atoms with Crippen LogP contribution in [-0.2, 0) is 9.53 Å². The highest BCUT2D eigenvalue weighted by Crippen LogP contribution is 2.29. The van der Waals surface area contributed by atoms with Gasteiger partial charge in [-0.05, 0) is 25.2 Å². The molecule has 4 atom stereocenters. The summed E-state index contributed by atoms with van der Waals surface area (Å²) in [5.41, 5.74) is 0. The Morgan fingerprint density at radius 2 is 2.20 bits per heavy atom. The smallest absolute Gasteiger partial charge is 0.326 e. The van der Waals surface area contributed by atoms with Crippen molar-refractivity contribution in [2.45, 2.75) is 57.7 Å². The van der Waals surface area contributed by atoms with Crippen LogP contribution in [0.1, 0.15) is 39.5 Å². The summed E-state index contributed by atoms with van der Waals surface area (Å²) < 4.78 is 5.67. The molecule has 6 nitrogen and oxygen atoms in total. The number of urea groups is 1. The number of carbonyl (C=O) groups excluding carboxylic acids is 1. The molecule has 6 heteroatoms. The van der Waals surface area contributed by atoms with Crippen molar-refractivity contribution in [2.24, 2.45) is 5.92 Å². The molecule has 2 fully saturated rings. The number of nitrogens with one attached hydrogen (secondary N) is 1. The highest BCUT2D eigenvalue weighted by molar-refractivity contribution is 5.83. The summed E-state index contributed by atoms with van der Waals surface area (Å²) >= 11 is 0. The van der Waals surface area contributed by atoms with Crippen LogP contribution in [0.25, 0.3) is 0 Å². The lowest BCUT2D eigenvalue weighted by atomic mass is 9.99. The predicted octanol–water partition coefficient (Wildman–Crippen LogP) is 1.45. The van der Waals surface area contributed by atoms with Gasteiger partial charge in [-0.1, -0.05) is 20.3 Å². The zero-order chi connectivity index (χ0) is 14.7. The number of ether oxygens (including phenoxy) is 1. The number of hydrogen-bond acceptors (Lipinski definition) is 3. The Morgan fingerprint density at radius 3 is 2.85 bits per heavy atom. The summed E-state index contributed by atoms with van der Waals surface area (Å²) in [6.45, 7) is 4.85. The number of amides is 2. The number of carboxylic acids is 1. The molecule has 2 amide bonds. The van der Waals surface area contributed by atoms with E-state index in [0.29, 0.717) is 19.6 Å². The number of rotatable bonds is 4. The second-order valence-electron chi connectivity index (χ2n) is 5.75. The van der Waals surface area contributed by atoms with E-state index in [9.17, 15) is 14.7 Å². The van der Waals surface area contributed by atoms with Gasteiger partial charge in [0.2, 0.25) is 0 Å². The van der Waals surface area contributed by atoms with Crippen molar-refractivity contribution >= 4 is 12.0 Å². The van der Waals surface area contributed by atoms with Gasteiger partial charge in [0.1, 0.15) is 6.04 Å². The first kappa shape index (κ1) is 15.1. The standard InChI is InChI=1S/C14H24N2O4/c1-3-9(2)12(13(17)18)15-14(19)16-7-8-20-11-6-4-5-10(11)16/h9-12H,3-8H2,1-2H3,(H,15,19)(H,17,18)/t9-,10?,11?,12-/m0/s1. The lowest BCUT2D eigenvalue weighted by molar-refractivity contribution is -0.140. The van der Waals surface area contributed by atoms with Gasteiger partial charge < -0.3 is 20.1 Å². The SMILES string of the molecule is CC[C@H](C)[C@H](NC(=O)N1CCOC2CCCC21)C(=O)O. The maximum atomic E-state index is 12.4. The van der Waals surface area contributed by atoms with E-state index in [1.54, 1.807) is 4.90 Å². The molecule has 1 saturated heterocycles. The summed E-state index contributed by atoms with van der Waals surface area (Å²) in [7, 11) is 0. The molecular weight excluding hydrogens is 260 g/mol. The summed E-state index contributed by atoms with van der Waals surface area (Å²) in [6, 6.07) is -0.983. The molecule has 1 heterocycles. The number of hydrogen-bond donors (Lipinski definition) is 2. The van der Waals surface area contributed by atoms with Crippen molar-refractivity contribution in [3.8, 4) is 0 Å². The van der Waals surface area contributed by atoms with Crippen molar-refractivity contribution in [2.75, 3.05) is 13.2 Å². The predicted molar refractivity (Wildman–Crippen MR) is 73.5 cm³/mol. The van der Waals surface area contributed by atoms with Gasteiger partial charge in [-0.25, -0.2) is 9.59 Å². The van der Waals surface area contributed by atoms with E-state index in [4.69, 9.17) is 4.74 Å². The van der Waals surface area contributed by atoms with Crippen LogP contribution >= 0.6 is 0 Å². The maximum absolute atomic E-state index is 12.4. The maximum Gasteiger partial charge on any atom is 0.326 e. The third kappa shape index (κ3) is 3.06. The number of fused-ring (bicyclic) bond motifs is 1. The van der Waals surface area contributed by atoms with Crippen LogP contribution in [0.15, 0.2) is 0 Å². The normalized spacial score (nSPS) is 28.6. The molecule has 1 saturated carbocycles. The van der Waals surface area contributed by atoms with Gasteiger partial charge in [0.15, 0.2) is 0 Å². The van der Waals surface area contributed by atoms with Crippen molar-refractivity contribution in [1.82, 2.24) is 10.2 Å². The third-order valence-electron chi connectivity index (χ3n) is 4.50. The first-order valence-electron chi connectivity index (χ1n) is 7.46. The Kier molecular flexibility index (Phi) is 4.86. The minimum absolute atomic E-state index is 0.0862. The van der Waals surface area contributed by atoms with Crippen LogP contribution < -0.4 is 5.32 Å². The summed E-state index contributed by atoms with van der Waals surface area (Å²) in [6.07, 6.45) is 3.84. The average Bonchev–Trinajstić information content (AvgIpc) is 2.91. The topological polar surface area (TPSA) is 78.9 Å². The average molecular weight is 284 g/mol. The number of aliphatic carboxylic acids is 1. The first-order valence-corrected chi connectivity index (χ1v) is 7.46. The molecular formula is C14H24N2O4. The summed E-state index contributed by atoms with van der Waals surface area (Å²) in [5, 5.41) is 11.9. The van der Waals surface area contributed by atoms with E-state index >= 15 is 0 Å². The van der Waals surface area contributed by atoms with Crippen molar-refractivity contribution in [1.29, 1.82) is 0 Å². The quantitative estimate of drug-likeness (QED) is 0.819. The lowest BCUT2D eigenvalue weighted by Crippen LogP contribution is -2.58. The first-order chi connectivity index (χ1) is 9.54. The Balaban J connectivity index is 2.00. The van der Waals surface area contributed by atoms with Crippen LogP contribution in [0.2, 0.25) is 0 Å². The van der Waals surface area contributed by atoms with E-state index in [1.807, 2.05) is 13.8 Å². The summed E-state index contributed by atoms with van der Waals surface area (Å²) in [5.74, 6) is -1.05. The zero-order valence-electron chi connectivity index (χ0n) is 12.2. The Labute approximate surface area is 119 Å². The second kappa shape index (κ2) is 6.43. The fourth-order valence-electron chi connectivity index (χ4n) is 3.08. The van der Waals surface area contributed by atoms with Gasteiger partial charge in [-0.2, -0.15) is 0 Å². The minimum atomic E-state index is -0.969. The van der Waals surface area contributed by atoms with Crippen LogP contribution in [-0.4, -0.2) is 53.3 Å².